The third kappa shape index (κ3) is 4.96. The number of fused-ring (bicyclic) bond motifs is 1. The number of unbranched alkanes of at least 4 members (excludes halogenated alkanes) is 1. The number of aromatic nitrogens is 4. The molecule has 1 amide bonds. The Balaban J connectivity index is 2.50. The third-order valence-electron chi connectivity index (χ3n) is 4.27. The van der Waals surface area contributed by atoms with Crippen LogP contribution >= 0.6 is 0 Å². The lowest BCUT2D eigenvalue weighted by molar-refractivity contribution is -0.120. The van der Waals surface area contributed by atoms with Crippen LogP contribution in [0.15, 0.2) is 22.2 Å². The van der Waals surface area contributed by atoms with Gasteiger partial charge in [0.25, 0.3) is 5.56 Å². The van der Waals surface area contributed by atoms with Crippen molar-refractivity contribution < 1.29 is 4.79 Å². The number of hydrogen-bond acceptors (Lipinski definition) is 4. The van der Waals surface area contributed by atoms with Crippen LogP contribution in [0.4, 0.5) is 0 Å². The van der Waals surface area contributed by atoms with E-state index in [4.69, 9.17) is 0 Å². The third-order valence-corrected chi connectivity index (χ3v) is 4.27. The van der Waals surface area contributed by atoms with E-state index >= 15 is 0 Å². The highest BCUT2D eigenvalue weighted by atomic mass is 16.2. The molecular formula is C19H29N5O3. The summed E-state index contributed by atoms with van der Waals surface area (Å²) in [6.07, 6.45) is 4.02. The lowest BCUT2D eigenvalue weighted by Crippen LogP contribution is -2.31. The van der Waals surface area contributed by atoms with Crippen molar-refractivity contribution in [3.8, 4) is 0 Å². The summed E-state index contributed by atoms with van der Waals surface area (Å²) >= 11 is 0. The molecule has 8 heteroatoms. The molecule has 2 rings (SSSR count). The van der Waals surface area contributed by atoms with Gasteiger partial charge in [-0.1, -0.05) is 33.3 Å². The number of aromatic amines is 1. The molecule has 27 heavy (non-hydrogen) atoms. The van der Waals surface area contributed by atoms with Crippen molar-refractivity contribution >= 4 is 17.1 Å². The zero-order chi connectivity index (χ0) is 20.0. The molecule has 2 heterocycles. The number of imidazole rings is 1. The van der Waals surface area contributed by atoms with E-state index in [0.29, 0.717) is 43.0 Å². The smallest absolute Gasteiger partial charge is 0.330 e. The highest BCUT2D eigenvalue weighted by Gasteiger charge is 2.19. The first-order chi connectivity index (χ1) is 12.9. The number of nitrogens with one attached hydrogen (secondary N) is 2. The molecule has 0 saturated carbocycles. The summed E-state index contributed by atoms with van der Waals surface area (Å²) in [5, 5.41) is 2.74. The van der Waals surface area contributed by atoms with Gasteiger partial charge >= 0.3 is 5.69 Å². The average molecular weight is 375 g/mol. The van der Waals surface area contributed by atoms with Crippen molar-refractivity contribution in [1.29, 1.82) is 0 Å². The predicted molar refractivity (Wildman–Crippen MR) is 106 cm³/mol. The first kappa shape index (κ1) is 20.7. The van der Waals surface area contributed by atoms with E-state index in [-0.39, 0.29) is 18.2 Å². The van der Waals surface area contributed by atoms with E-state index < -0.39 is 11.2 Å². The van der Waals surface area contributed by atoms with Gasteiger partial charge in [0.15, 0.2) is 11.2 Å². The van der Waals surface area contributed by atoms with Crippen molar-refractivity contribution in [3.05, 3.63) is 39.3 Å². The summed E-state index contributed by atoms with van der Waals surface area (Å²) in [5.41, 5.74) is -0.0658. The van der Waals surface area contributed by atoms with Crippen molar-refractivity contribution in [2.75, 3.05) is 6.54 Å². The fourth-order valence-corrected chi connectivity index (χ4v) is 2.99. The van der Waals surface area contributed by atoms with Gasteiger partial charge in [-0.05, 0) is 12.3 Å². The molecule has 0 unspecified atom stereocenters. The number of aryl methyl sites for hydroxylation is 2. The molecule has 2 aromatic rings. The zero-order valence-corrected chi connectivity index (χ0v) is 16.4. The first-order valence-electron chi connectivity index (χ1n) is 9.48. The minimum Gasteiger partial charge on any atom is -0.353 e. The summed E-state index contributed by atoms with van der Waals surface area (Å²) in [5.74, 6) is 0.829. The van der Waals surface area contributed by atoms with Gasteiger partial charge in [0.05, 0.1) is 0 Å². The Morgan fingerprint density at radius 3 is 2.70 bits per heavy atom. The highest BCUT2D eigenvalue weighted by Crippen LogP contribution is 2.16. The summed E-state index contributed by atoms with van der Waals surface area (Å²) in [6, 6.07) is 0. The molecule has 148 valence electrons. The van der Waals surface area contributed by atoms with E-state index in [1.807, 2.05) is 25.3 Å². The maximum atomic E-state index is 12.5. The van der Waals surface area contributed by atoms with Gasteiger partial charge < -0.3 is 9.88 Å². The van der Waals surface area contributed by atoms with E-state index in [1.165, 1.54) is 4.57 Å². The molecule has 0 aromatic carbocycles. The van der Waals surface area contributed by atoms with Crippen molar-refractivity contribution in [2.24, 2.45) is 5.92 Å². The van der Waals surface area contributed by atoms with E-state index in [1.54, 1.807) is 6.08 Å². The molecule has 0 bridgehead atoms. The second kappa shape index (κ2) is 9.34. The predicted octanol–water partition coefficient (Wildman–Crippen LogP) is 1.58. The first-order valence-corrected chi connectivity index (χ1v) is 9.48. The van der Waals surface area contributed by atoms with Crippen LogP contribution in [0.2, 0.25) is 0 Å². The Kier molecular flexibility index (Phi) is 7.15. The van der Waals surface area contributed by atoms with Gasteiger partial charge in [0.2, 0.25) is 5.91 Å². The summed E-state index contributed by atoms with van der Waals surface area (Å²) in [7, 11) is 0. The normalized spacial score (nSPS) is 11.3. The van der Waals surface area contributed by atoms with Crippen LogP contribution in [0.5, 0.6) is 0 Å². The van der Waals surface area contributed by atoms with Gasteiger partial charge in [-0.2, -0.15) is 0 Å². The number of H-pyrrole nitrogens is 1. The van der Waals surface area contributed by atoms with Crippen molar-refractivity contribution in [1.82, 2.24) is 24.4 Å². The fourth-order valence-electron chi connectivity index (χ4n) is 2.99. The molecule has 0 fully saturated rings. The molecule has 2 aromatic heterocycles. The number of nitrogens with zero attached hydrogens (tertiary/aromatic N) is 3. The largest absolute Gasteiger partial charge is 0.353 e. The minimum atomic E-state index is -0.439. The van der Waals surface area contributed by atoms with Crippen molar-refractivity contribution in [3.63, 3.8) is 0 Å². The molecule has 0 aliphatic carbocycles. The molecule has 0 atom stereocenters. The van der Waals surface area contributed by atoms with E-state index in [2.05, 4.69) is 21.9 Å². The molecule has 0 saturated heterocycles. The van der Waals surface area contributed by atoms with Gasteiger partial charge in [-0.15, -0.1) is 6.58 Å². The number of amides is 1. The molecule has 0 spiro atoms. The topological polar surface area (TPSA) is 102 Å². The van der Waals surface area contributed by atoms with Crippen molar-refractivity contribution in [2.45, 2.75) is 59.5 Å². The molecular weight excluding hydrogens is 346 g/mol. The van der Waals surface area contributed by atoms with E-state index in [9.17, 15) is 14.4 Å². The zero-order valence-electron chi connectivity index (χ0n) is 16.4. The summed E-state index contributed by atoms with van der Waals surface area (Å²) < 4.78 is 3.37. The molecule has 0 radical (unpaired) electrons. The quantitative estimate of drug-likeness (QED) is 0.616. The molecule has 8 nitrogen and oxygen atoms in total. The number of carbonyl (C=O) groups is 1. The van der Waals surface area contributed by atoms with Gasteiger partial charge in [0, 0.05) is 32.5 Å². The van der Waals surface area contributed by atoms with E-state index in [0.717, 1.165) is 12.8 Å². The lowest BCUT2D eigenvalue weighted by Gasteiger charge is -2.11. The molecule has 0 aliphatic rings. The Hall–Kier alpha value is -2.64. The monoisotopic (exact) mass is 375 g/mol. The molecule has 0 aliphatic heterocycles. The summed E-state index contributed by atoms with van der Waals surface area (Å²) in [4.78, 5) is 43.7. The second-order valence-corrected chi connectivity index (χ2v) is 7.06. The van der Waals surface area contributed by atoms with Gasteiger partial charge in [-0.3, -0.25) is 19.1 Å². The van der Waals surface area contributed by atoms with Gasteiger partial charge in [-0.25, -0.2) is 9.78 Å². The standard InChI is InChI=1S/C19H29N5O3/c1-5-7-11-23-17-16(18(26)22-19(23)27)24(12-13(3)4)14(21-17)8-9-15(25)20-10-6-2/h6,13H,2,5,7-12H2,1,3-4H3,(H,20,25)(H,22,26,27). The maximum absolute atomic E-state index is 12.5. The Labute approximate surface area is 158 Å². The Morgan fingerprint density at radius 2 is 2.07 bits per heavy atom. The number of hydrogen-bond donors (Lipinski definition) is 2. The SMILES string of the molecule is C=CCNC(=O)CCc1nc2c(c(=O)[nH]c(=O)n2CCCC)n1CC(C)C. The minimum absolute atomic E-state index is 0.102. The number of carbonyl (C=O) groups excluding carboxylic acids is 1. The summed E-state index contributed by atoms with van der Waals surface area (Å²) in [6.45, 7) is 11.2. The Morgan fingerprint density at radius 1 is 1.33 bits per heavy atom. The van der Waals surface area contributed by atoms with Crippen LogP contribution in [0.3, 0.4) is 0 Å². The highest BCUT2D eigenvalue weighted by molar-refractivity contribution is 5.76. The van der Waals surface area contributed by atoms with Crippen LogP contribution < -0.4 is 16.6 Å². The maximum Gasteiger partial charge on any atom is 0.330 e. The number of rotatable bonds is 10. The van der Waals surface area contributed by atoms with Crippen LogP contribution in [-0.2, 0) is 24.3 Å². The van der Waals surface area contributed by atoms with Crippen LogP contribution in [0.1, 0.15) is 45.9 Å². The Bertz CT molecular complexity index is 920. The van der Waals surface area contributed by atoms with Crippen LogP contribution in [-0.4, -0.2) is 31.6 Å². The fraction of sp³-hybridized carbons (Fsp3) is 0.579. The molecule has 2 N–H and O–H groups in total. The lowest BCUT2D eigenvalue weighted by atomic mass is 10.2. The average Bonchev–Trinajstić information content (AvgIpc) is 2.96. The van der Waals surface area contributed by atoms with Crippen LogP contribution in [0, 0.1) is 5.92 Å². The second-order valence-electron chi connectivity index (χ2n) is 7.06. The van der Waals surface area contributed by atoms with Crippen LogP contribution in [0.25, 0.3) is 11.2 Å². The van der Waals surface area contributed by atoms with Gasteiger partial charge in [0.1, 0.15) is 5.82 Å².